The van der Waals surface area contributed by atoms with Crippen molar-refractivity contribution in [1.82, 2.24) is 20.1 Å². The third kappa shape index (κ3) is 2.73. The predicted octanol–water partition coefficient (Wildman–Crippen LogP) is 2.79. The molecule has 2 heterocycles. The highest BCUT2D eigenvalue weighted by molar-refractivity contribution is 5.82. The second-order valence-electron chi connectivity index (χ2n) is 5.02. The van der Waals surface area contributed by atoms with Gasteiger partial charge in [-0.25, -0.2) is 9.67 Å². The molecule has 0 radical (unpaired) electrons. The maximum atomic E-state index is 5.89. The van der Waals surface area contributed by atoms with Crippen molar-refractivity contribution in [3.05, 3.63) is 47.7 Å². The number of nitrogens with zero attached hydrogens (tertiary/aromatic N) is 3. The van der Waals surface area contributed by atoms with Gasteiger partial charge in [0, 0.05) is 31.1 Å². The van der Waals surface area contributed by atoms with E-state index in [1.807, 2.05) is 51.4 Å². The number of hydrogen-bond acceptors (Lipinski definition) is 4. The average molecular weight is 282 g/mol. The summed E-state index contributed by atoms with van der Waals surface area (Å²) in [6.45, 7) is 2.71. The van der Waals surface area contributed by atoms with Gasteiger partial charge in [-0.05, 0) is 25.6 Å². The van der Waals surface area contributed by atoms with E-state index in [0.29, 0.717) is 11.8 Å². The summed E-state index contributed by atoms with van der Waals surface area (Å²) in [5.41, 5.74) is 3.01. The monoisotopic (exact) mass is 282 g/mol. The lowest BCUT2D eigenvalue weighted by Crippen LogP contribution is -2.06. The van der Waals surface area contributed by atoms with Crippen LogP contribution in [0.4, 0.5) is 0 Å². The zero-order chi connectivity index (χ0) is 14.8. The van der Waals surface area contributed by atoms with E-state index in [-0.39, 0.29) is 0 Å². The molecule has 0 saturated heterocycles. The molecule has 0 spiro atoms. The van der Waals surface area contributed by atoms with Crippen LogP contribution < -0.4 is 10.1 Å². The first-order chi connectivity index (χ1) is 10.2. The molecular formula is C16H18N4O. The lowest BCUT2D eigenvalue weighted by atomic mass is 10.1. The highest BCUT2D eigenvalue weighted by atomic mass is 16.5. The van der Waals surface area contributed by atoms with Crippen LogP contribution in [0.3, 0.4) is 0 Å². The molecule has 1 aromatic carbocycles. The minimum atomic E-state index is 0.585. The van der Waals surface area contributed by atoms with Gasteiger partial charge in [0.15, 0.2) is 0 Å². The number of nitrogens with one attached hydrogen (secondary N) is 1. The van der Waals surface area contributed by atoms with E-state index in [2.05, 4.69) is 21.5 Å². The molecule has 0 fully saturated rings. The third-order valence-corrected chi connectivity index (χ3v) is 3.31. The molecule has 3 aromatic rings. The van der Waals surface area contributed by atoms with Crippen LogP contribution in [0.25, 0.3) is 10.9 Å². The van der Waals surface area contributed by atoms with Gasteiger partial charge in [0.25, 0.3) is 0 Å². The Morgan fingerprint density at radius 1 is 1.24 bits per heavy atom. The number of aromatic nitrogens is 3. The molecule has 1 N–H and O–H groups in total. The van der Waals surface area contributed by atoms with E-state index in [1.165, 1.54) is 0 Å². The number of aryl methyl sites for hydroxylation is 2. The van der Waals surface area contributed by atoms with Gasteiger partial charge >= 0.3 is 0 Å². The predicted molar refractivity (Wildman–Crippen MR) is 82.5 cm³/mol. The van der Waals surface area contributed by atoms with Gasteiger partial charge in [-0.3, -0.25) is 0 Å². The number of benzene rings is 1. The molecule has 3 rings (SSSR count). The fraction of sp³-hybridized carbons (Fsp3) is 0.250. The lowest BCUT2D eigenvalue weighted by Gasteiger charge is -2.10. The average Bonchev–Trinajstić information content (AvgIpc) is 2.77. The molecule has 0 aliphatic rings. The minimum Gasteiger partial charge on any atom is -0.421 e. The standard InChI is InChI=1S/C16H18N4O/c1-11-8-16(20(3)19-11)21-15-9-12(10-17-2)13-6-4-5-7-14(13)18-15/h4-9,17H,10H2,1-3H3. The molecule has 2 aromatic heterocycles. The summed E-state index contributed by atoms with van der Waals surface area (Å²) < 4.78 is 7.60. The van der Waals surface area contributed by atoms with Crippen LogP contribution in [0, 0.1) is 6.92 Å². The summed E-state index contributed by atoms with van der Waals surface area (Å²) in [5, 5.41) is 8.60. The molecule has 0 unspecified atom stereocenters. The van der Waals surface area contributed by atoms with E-state index in [4.69, 9.17) is 4.74 Å². The summed E-state index contributed by atoms with van der Waals surface area (Å²) in [6.07, 6.45) is 0. The summed E-state index contributed by atoms with van der Waals surface area (Å²) in [7, 11) is 3.79. The molecule has 0 saturated carbocycles. The van der Waals surface area contributed by atoms with E-state index < -0.39 is 0 Å². The number of pyridine rings is 1. The minimum absolute atomic E-state index is 0.585. The summed E-state index contributed by atoms with van der Waals surface area (Å²) >= 11 is 0. The summed E-state index contributed by atoms with van der Waals surface area (Å²) in [4.78, 5) is 4.57. The van der Waals surface area contributed by atoms with Crippen molar-refractivity contribution in [1.29, 1.82) is 0 Å². The molecule has 5 nitrogen and oxygen atoms in total. The first-order valence-corrected chi connectivity index (χ1v) is 6.89. The Kier molecular flexibility index (Phi) is 3.58. The molecule has 5 heteroatoms. The first-order valence-electron chi connectivity index (χ1n) is 6.89. The highest BCUT2D eigenvalue weighted by Crippen LogP contribution is 2.25. The number of ether oxygens (including phenoxy) is 1. The fourth-order valence-corrected chi connectivity index (χ4v) is 2.40. The van der Waals surface area contributed by atoms with Crippen LogP contribution in [0.1, 0.15) is 11.3 Å². The van der Waals surface area contributed by atoms with Crippen LogP contribution in [-0.4, -0.2) is 21.8 Å². The largest absolute Gasteiger partial charge is 0.421 e. The number of fused-ring (bicyclic) bond motifs is 1. The van der Waals surface area contributed by atoms with Gasteiger partial charge in [0.2, 0.25) is 11.8 Å². The van der Waals surface area contributed by atoms with Crippen molar-refractivity contribution >= 4 is 10.9 Å². The zero-order valence-electron chi connectivity index (χ0n) is 12.4. The van der Waals surface area contributed by atoms with E-state index >= 15 is 0 Å². The molecule has 21 heavy (non-hydrogen) atoms. The second kappa shape index (κ2) is 5.54. The van der Waals surface area contributed by atoms with Gasteiger partial charge in [-0.15, -0.1) is 0 Å². The van der Waals surface area contributed by atoms with E-state index in [9.17, 15) is 0 Å². The van der Waals surface area contributed by atoms with Crippen LogP contribution in [-0.2, 0) is 13.6 Å². The van der Waals surface area contributed by atoms with Crippen molar-refractivity contribution in [2.45, 2.75) is 13.5 Å². The summed E-state index contributed by atoms with van der Waals surface area (Å²) in [6, 6.07) is 11.9. The Hall–Kier alpha value is -2.40. The Labute approximate surface area is 123 Å². The molecule has 0 bridgehead atoms. The van der Waals surface area contributed by atoms with Crippen LogP contribution >= 0.6 is 0 Å². The smallest absolute Gasteiger partial charge is 0.222 e. The van der Waals surface area contributed by atoms with E-state index in [0.717, 1.165) is 28.7 Å². The number of hydrogen-bond donors (Lipinski definition) is 1. The van der Waals surface area contributed by atoms with Crippen molar-refractivity contribution < 1.29 is 4.74 Å². The quantitative estimate of drug-likeness (QED) is 0.799. The molecule has 0 aliphatic carbocycles. The fourth-order valence-electron chi connectivity index (χ4n) is 2.40. The molecule has 0 amide bonds. The number of para-hydroxylation sites is 1. The molecule has 0 aliphatic heterocycles. The Morgan fingerprint density at radius 3 is 2.76 bits per heavy atom. The van der Waals surface area contributed by atoms with Crippen molar-refractivity contribution in [3.63, 3.8) is 0 Å². The van der Waals surface area contributed by atoms with Gasteiger partial charge in [-0.1, -0.05) is 18.2 Å². The van der Waals surface area contributed by atoms with Gasteiger partial charge in [0.1, 0.15) is 0 Å². The Balaban J connectivity index is 2.04. The topological polar surface area (TPSA) is 52.0 Å². The summed E-state index contributed by atoms with van der Waals surface area (Å²) in [5.74, 6) is 1.27. The van der Waals surface area contributed by atoms with Crippen LogP contribution in [0.2, 0.25) is 0 Å². The van der Waals surface area contributed by atoms with Gasteiger partial charge in [0.05, 0.1) is 11.2 Å². The first kappa shape index (κ1) is 13.6. The Bertz CT molecular complexity index is 779. The van der Waals surface area contributed by atoms with Crippen molar-refractivity contribution in [2.24, 2.45) is 7.05 Å². The highest BCUT2D eigenvalue weighted by Gasteiger charge is 2.09. The van der Waals surface area contributed by atoms with Crippen molar-refractivity contribution in [3.8, 4) is 11.8 Å². The normalized spacial score (nSPS) is 11.0. The lowest BCUT2D eigenvalue weighted by molar-refractivity contribution is 0.416. The molecular weight excluding hydrogens is 264 g/mol. The van der Waals surface area contributed by atoms with Crippen LogP contribution in [0.5, 0.6) is 11.8 Å². The van der Waals surface area contributed by atoms with Gasteiger partial charge in [-0.2, -0.15) is 5.10 Å². The van der Waals surface area contributed by atoms with Crippen molar-refractivity contribution in [2.75, 3.05) is 7.05 Å². The van der Waals surface area contributed by atoms with Gasteiger partial charge < -0.3 is 10.1 Å². The zero-order valence-corrected chi connectivity index (χ0v) is 12.4. The Morgan fingerprint density at radius 2 is 2.05 bits per heavy atom. The van der Waals surface area contributed by atoms with Crippen LogP contribution in [0.15, 0.2) is 36.4 Å². The maximum Gasteiger partial charge on any atom is 0.222 e. The second-order valence-corrected chi connectivity index (χ2v) is 5.02. The maximum absolute atomic E-state index is 5.89. The molecule has 0 atom stereocenters. The van der Waals surface area contributed by atoms with E-state index in [1.54, 1.807) is 4.68 Å². The SMILES string of the molecule is CNCc1cc(Oc2cc(C)nn2C)nc2ccccc12. The number of rotatable bonds is 4. The molecule has 108 valence electrons. The third-order valence-electron chi connectivity index (χ3n) is 3.31.